The molecule has 5 N–H and O–H groups in total. The molecule has 13 heavy (non-hydrogen) atoms. The minimum atomic E-state index is -3.23. The molecule has 0 rings (SSSR count). The number of hydrogen-bond donors (Lipinski definition) is 3. The minimum Gasteiger partial charge on any atom is -0.370 e. The van der Waals surface area contributed by atoms with Gasteiger partial charge in [0.15, 0.2) is 5.96 Å². The van der Waals surface area contributed by atoms with Crippen molar-refractivity contribution in [3.8, 4) is 0 Å². The number of nitrogens with two attached hydrogens (primary N) is 2. The molecule has 0 aromatic carbocycles. The molecule has 0 heterocycles. The maximum absolute atomic E-state index is 10.9. The number of guanidine groups is 1. The van der Waals surface area contributed by atoms with Gasteiger partial charge < -0.3 is 11.5 Å². The van der Waals surface area contributed by atoms with E-state index < -0.39 is 15.6 Å². The van der Waals surface area contributed by atoms with Gasteiger partial charge in [-0.2, -0.15) is 0 Å². The van der Waals surface area contributed by atoms with E-state index in [4.69, 9.17) is 11.5 Å². The first kappa shape index (κ1) is 12.2. The number of aliphatic imine (C=N–C) groups is 1. The number of rotatable bonds is 4. The van der Waals surface area contributed by atoms with Crippen molar-refractivity contribution >= 4 is 16.0 Å². The largest absolute Gasteiger partial charge is 0.370 e. The van der Waals surface area contributed by atoms with Crippen LogP contribution in [0.15, 0.2) is 4.99 Å². The highest BCUT2D eigenvalue weighted by molar-refractivity contribution is 7.88. The topological polar surface area (TPSA) is 111 Å². The highest BCUT2D eigenvalue weighted by Gasteiger charge is 2.21. The van der Waals surface area contributed by atoms with Crippen LogP contribution in [0.25, 0.3) is 0 Å². The Morgan fingerprint density at radius 2 is 1.92 bits per heavy atom. The Balaban J connectivity index is 4.34. The van der Waals surface area contributed by atoms with Crippen molar-refractivity contribution in [3.63, 3.8) is 0 Å². The summed E-state index contributed by atoms with van der Waals surface area (Å²) < 4.78 is 24.1. The van der Waals surface area contributed by atoms with E-state index in [1.807, 2.05) is 0 Å². The van der Waals surface area contributed by atoms with Gasteiger partial charge in [-0.25, -0.2) is 13.1 Å². The summed E-state index contributed by atoms with van der Waals surface area (Å²) in [4.78, 5) is 3.73. The third-order valence-electron chi connectivity index (χ3n) is 1.12. The summed E-state index contributed by atoms with van der Waals surface area (Å²) in [6.07, 6.45) is 1.09. The number of nitrogens with one attached hydrogen (secondary N) is 1. The molecule has 6 nitrogen and oxygen atoms in total. The lowest BCUT2D eigenvalue weighted by Gasteiger charge is -2.22. The van der Waals surface area contributed by atoms with E-state index >= 15 is 0 Å². The Hall–Kier alpha value is -0.820. The van der Waals surface area contributed by atoms with Gasteiger partial charge in [0.1, 0.15) is 0 Å². The molecule has 0 aliphatic rings. The van der Waals surface area contributed by atoms with Gasteiger partial charge in [0, 0.05) is 5.54 Å². The predicted octanol–water partition coefficient (Wildman–Crippen LogP) is -1.41. The van der Waals surface area contributed by atoms with Crippen molar-refractivity contribution in [3.05, 3.63) is 0 Å². The maximum atomic E-state index is 10.9. The van der Waals surface area contributed by atoms with Gasteiger partial charge in [-0.15, -0.1) is 0 Å². The summed E-state index contributed by atoms with van der Waals surface area (Å²) in [6, 6.07) is 0. The van der Waals surface area contributed by atoms with Crippen molar-refractivity contribution in [1.82, 2.24) is 4.72 Å². The smallest absolute Gasteiger partial charge is 0.209 e. The van der Waals surface area contributed by atoms with Crippen LogP contribution < -0.4 is 16.2 Å². The van der Waals surface area contributed by atoms with Gasteiger partial charge in [0.2, 0.25) is 10.0 Å². The van der Waals surface area contributed by atoms with E-state index in [0.717, 1.165) is 6.26 Å². The number of hydrogen-bond acceptors (Lipinski definition) is 3. The van der Waals surface area contributed by atoms with Crippen LogP contribution in [0.3, 0.4) is 0 Å². The molecule has 7 heteroatoms. The summed E-state index contributed by atoms with van der Waals surface area (Å²) in [5.74, 6) is -0.0524. The van der Waals surface area contributed by atoms with Crippen molar-refractivity contribution in [2.75, 3.05) is 12.8 Å². The molecule has 0 saturated carbocycles. The van der Waals surface area contributed by atoms with Gasteiger partial charge in [-0.3, -0.25) is 4.99 Å². The van der Waals surface area contributed by atoms with Crippen LogP contribution >= 0.6 is 0 Å². The highest BCUT2D eigenvalue weighted by atomic mass is 32.2. The lowest BCUT2D eigenvalue weighted by atomic mass is 10.1. The molecule has 0 saturated heterocycles. The first-order valence-corrected chi connectivity index (χ1v) is 5.56. The van der Waals surface area contributed by atoms with Gasteiger partial charge >= 0.3 is 0 Å². The third kappa shape index (κ3) is 7.54. The van der Waals surface area contributed by atoms with Gasteiger partial charge in [0.05, 0.1) is 12.8 Å². The fourth-order valence-corrected chi connectivity index (χ4v) is 1.89. The number of nitrogens with zero attached hydrogens (tertiary/aromatic N) is 1. The molecule has 0 aliphatic carbocycles. The summed E-state index contributed by atoms with van der Waals surface area (Å²) in [5, 5.41) is 0. The van der Waals surface area contributed by atoms with Gasteiger partial charge in [0.25, 0.3) is 0 Å². The SMILES string of the molecule is CC(C)(CN=C(N)N)NS(C)(=O)=O. The second kappa shape index (κ2) is 3.93. The molecule has 0 bridgehead atoms. The monoisotopic (exact) mass is 208 g/mol. The predicted molar refractivity (Wildman–Crippen MR) is 52.7 cm³/mol. The molecule has 0 aromatic heterocycles. The summed E-state index contributed by atoms with van der Waals surface area (Å²) in [6.45, 7) is 3.60. The summed E-state index contributed by atoms with van der Waals surface area (Å²) in [5.41, 5.74) is 9.56. The van der Waals surface area contributed by atoms with Gasteiger partial charge in [-0.05, 0) is 13.8 Å². The Morgan fingerprint density at radius 1 is 1.46 bits per heavy atom. The summed E-state index contributed by atoms with van der Waals surface area (Å²) >= 11 is 0. The summed E-state index contributed by atoms with van der Waals surface area (Å²) in [7, 11) is -3.23. The highest BCUT2D eigenvalue weighted by Crippen LogP contribution is 2.03. The zero-order chi connectivity index (χ0) is 10.7. The minimum absolute atomic E-state index is 0.0524. The molecular formula is C6H16N4O2S. The molecule has 78 valence electrons. The Bertz CT molecular complexity index is 290. The Labute approximate surface area is 78.4 Å². The third-order valence-corrected chi connectivity index (χ3v) is 2.04. The first-order chi connectivity index (χ1) is 5.62. The van der Waals surface area contributed by atoms with Crippen LogP contribution in [0, 0.1) is 0 Å². The average molecular weight is 208 g/mol. The quantitative estimate of drug-likeness (QED) is 0.389. The standard InChI is InChI=1S/C6H16N4O2S/c1-6(2,4-9-5(7)8)10-13(3,11)12/h10H,4H2,1-3H3,(H4,7,8,9). The van der Waals surface area contributed by atoms with E-state index in [-0.39, 0.29) is 12.5 Å². The van der Waals surface area contributed by atoms with Gasteiger partial charge in [-0.1, -0.05) is 0 Å². The maximum Gasteiger partial charge on any atom is 0.209 e. The van der Waals surface area contributed by atoms with Crippen molar-refractivity contribution < 1.29 is 8.42 Å². The molecule has 0 spiro atoms. The van der Waals surface area contributed by atoms with Crippen LogP contribution in [0.1, 0.15) is 13.8 Å². The Morgan fingerprint density at radius 3 is 2.23 bits per heavy atom. The molecule has 0 aliphatic heterocycles. The van der Waals surface area contributed by atoms with Crippen molar-refractivity contribution in [2.24, 2.45) is 16.5 Å². The van der Waals surface area contributed by atoms with Crippen LogP contribution in [0.2, 0.25) is 0 Å². The van der Waals surface area contributed by atoms with Crippen LogP contribution in [-0.4, -0.2) is 32.7 Å². The van der Waals surface area contributed by atoms with Crippen LogP contribution in [0.4, 0.5) is 0 Å². The lowest BCUT2D eigenvalue weighted by Crippen LogP contribution is -2.45. The van der Waals surface area contributed by atoms with E-state index in [0.29, 0.717) is 0 Å². The molecule has 0 radical (unpaired) electrons. The van der Waals surface area contributed by atoms with E-state index in [2.05, 4.69) is 9.71 Å². The average Bonchev–Trinajstić information content (AvgIpc) is 1.78. The second-order valence-electron chi connectivity index (χ2n) is 3.50. The van der Waals surface area contributed by atoms with Crippen LogP contribution in [0.5, 0.6) is 0 Å². The fraction of sp³-hybridized carbons (Fsp3) is 0.833. The molecular weight excluding hydrogens is 192 g/mol. The zero-order valence-electron chi connectivity index (χ0n) is 8.03. The Kier molecular flexibility index (Phi) is 3.68. The molecule has 0 amide bonds. The van der Waals surface area contributed by atoms with E-state index in [1.165, 1.54) is 0 Å². The molecule has 0 aromatic rings. The first-order valence-electron chi connectivity index (χ1n) is 3.67. The molecule has 0 atom stereocenters. The fourth-order valence-electron chi connectivity index (χ4n) is 0.823. The van der Waals surface area contributed by atoms with Crippen molar-refractivity contribution in [1.29, 1.82) is 0 Å². The lowest BCUT2D eigenvalue weighted by molar-refractivity contribution is 0.466. The normalized spacial score (nSPS) is 12.5. The zero-order valence-corrected chi connectivity index (χ0v) is 8.85. The molecule has 0 fully saturated rings. The molecule has 0 unspecified atom stereocenters. The van der Waals surface area contributed by atoms with Crippen molar-refractivity contribution in [2.45, 2.75) is 19.4 Å². The number of sulfonamides is 1. The second-order valence-corrected chi connectivity index (χ2v) is 5.25. The van der Waals surface area contributed by atoms with E-state index in [1.54, 1.807) is 13.8 Å². The van der Waals surface area contributed by atoms with Crippen LogP contribution in [-0.2, 0) is 10.0 Å². The van der Waals surface area contributed by atoms with E-state index in [9.17, 15) is 8.42 Å².